The van der Waals surface area contributed by atoms with Crippen molar-refractivity contribution in [1.29, 1.82) is 0 Å². The molecule has 1 saturated heterocycles. The highest BCUT2D eigenvalue weighted by molar-refractivity contribution is 4.85. The maximum Gasteiger partial charge on any atom is 0.163 e. The van der Waals surface area contributed by atoms with Gasteiger partial charge in [-0.3, -0.25) is 0 Å². The average Bonchev–Trinajstić information content (AvgIpc) is 2.37. The van der Waals surface area contributed by atoms with Crippen LogP contribution in [0.15, 0.2) is 12.7 Å². The predicted octanol–water partition coefficient (Wildman–Crippen LogP) is 2.36. The molecule has 0 amide bonds. The van der Waals surface area contributed by atoms with E-state index in [1.165, 1.54) is 0 Å². The van der Waals surface area contributed by atoms with Crippen molar-refractivity contribution in [2.24, 2.45) is 5.92 Å². The lowest BCUT2D eigenvalue weighted by Gasteiger charge is -2.42. The highest BCUT2D eigenvalue weighted by Gasteiger charge is 2.38. The van der Waals surface area contributed by atoms with E-state index in [1.54, 1.807) is 7.11 Å². The van der Waals surface area contributed by atoms with Crippen molar-refractivity contribution < 1.29 is 23.7 Å². The number of hydrogen-bond donors (Lipinski definition) is 0. The lowest BCUT2D eigenvalue weighted by atomic mass is 9.93. The van der Waals surface area contributed by atoms with E-state index >= 15 is 0 Å². The van der Waals surface area contributed by atoms with Crippen LogP contribution < -0.4 is 0 Å². The Balaban J connectivity index is 2.42. The van der Waals surface area contributed by atoms with Gasteiger partial charge in [0.2, 0.25) is 0 Å². The van der Waals surface area contributed by atoms with E-state index < -0.39 is 5.79 Å². The first-order valence-electron chi connectivity index (χ1n) is 7.11. The van der Waals surface area contributed by atoms with E-state index in [4.69, 9.17) is 23.7 Å². The van der Waals surface area contributed by atoms with Crippen molar-refractivity contribution in [3.05, 3.63) is 12.7 Å². The zero-order chi connectivity index (χ0) is 15.0. The van der Waals surface area contributed by atoms with Gasteiger partial charge in [0.1, 0.15) is 6.79 Å². The second-order valence-electron chi connectivity index (χ2n) is 5.45. The zero-order valence-corrected chi connectivity index (χ0v) is 13.1. The van der Waals surface area contributed by atoms with Gasteiger partial charge in [0.05, 0.1) is 32.0 Å². The van der Waals surface area contributed by atoms with Gasteiger partial charge in [-0.2, -0.15) is 0 Å². The summed E-state index contributed by atoms with van der Waals surface area (Å²) in [4.78, 5) is 0. The normalized spacial score (nSPS) is 27.2. The molecule has 0 radical (unpaired) electrons. The molecule has 0 bridgehead atoms. The van der Waals surface area contributed by atoms with Gasteiger partial charge in [-0.25, -0.2) is 0 Å². The molecule has 3 atom stereocenters. The van der Waals surface area contributed by atoms with Crippen molar-refractivity contribution >= 4 is 0 Å². The molecule has 0 aromatic rings. The van der Waals surface area contributed by atoms with Crippen LogP contribution in [-0.2, 0) is 23.7 Å². The largest absolute Gasteiger partial charge is 0.382 e. The summed E-state index contributed by atoms with van der Waals surface area (Å²) in [5, 5.41) is 0. The molecule has 0 aromatic heterocycles. The summed E-state index contributed by atoms with van der Waals surface area (Å²) in [6.45, 7) is 11.6. The molecule has 1 fully saturated rings. The molecule has 1 heterocycles. The van der Waals surface area contributed by atoms with Crippen LogP contribution in [0.3, 0.4) is 0 Å². The Morgan fingerprint density at radius 3 is 2.75 bits per heavy atom. The zero-order valence-electron chi connectivity index (χ0n) is 13.1. The molecular formula is C15H28O5. The Labute approximate surface area is 122 Å². The summed E-state index contributed by atoms with van der Waals surface area (Å²) in [6, 6.07) is 0. The van der Waals surface area contributed by atoms with E-state index in [0.717, 1.165) is 6.42 Å². The summed E-state index contributed by atoms with van der Waals surface area (Å²) >= 11 is 0. The smallest absolute Gasteiger partial charge is 0.163 e. The molecule has 0 aliphatic carbocycles. The molecule has 0 unspecified atom stereocenters. The van der Waals surface area contributed by atoms with Crippen LogP contribution in [0.25, 0.3) is 0 Å². The molecule has 0 aromatic carbocycles. The summed E-state index contributed by atoms with van der Waals surface area (Å²) in [5.74, 6) is -0.351. The van der Waals surface area contributed by atoms with Gasteiger partial charge in [-0.05, 0) is 27.2 Å². The predicted molar refractivity (Wildman–Crippen MR) is 76.5 cm³/mol. The fourth-order valence-electron chi connectivity index (χ4n) is 2.28. The Morgan fingerprint density at radius 1 is 1.40 bits per heavy atom. The van der Waals surface area contributed by atoms with Gasteiger partial charge >= 0.3 is 0 Å². The molecular weight excluding hydrogens is 260 g/mol. The van der Waals surface area contributed by atoms with Gasteiger partial charge in [0.25, 0.3) is 0 Å². The maximum atomic E-state index is 5.86. The molecule has 118 valence electrons. The Kier molecular flexibility index (Phi) is 7.69. The molecule has 1 rings (SSSR count). The van der Waals surface area contributed by atoms with Crippen molar-refractivity contribution in [1.82, 2.24) is 0 Å². The number of methoxy groups -OCH3 is 1. The minimum absolute atomic E-state index is 0.0128. The van der Waals surface area contributed by atoms with Gasteiger partial charge in [-0.1, -0.05) is 6.08 Å². The minimum Gasteiger partial charge on any atom is -0.382 e. The average molecular weight is 288 g/mol. The lowest BCUT2D eigenvalue weighted by Crippen LogP contribution is -2.49. The number of hydrogen-bond acceptors (Lipinski definition) is 5. The Hall–Kier alpha value is -0.460. The van der Waals surface area contributed by atoms with Crippen LogP contribution in [0.5, 0.6) is 0 Å². The lowest BCUT2D eigenvalue weighted by molar-refractivity contribution is -0.303. The van der Waals surface area contributed by atoms with Crippen LogP contribution in [-0.4, -0.2) is 51.7 Å². The van der Waals surface area contributed by atoms with E-state index in [1.807, 2.05) is 19.9 Å². The maximum absolute atomic E-state index is 5.86. The molecule has 0 N–H and O–H groups in total. The highest BCUT2D eigenvalue weighted by Crippen LogP contribution is 2.30. The second-order valence-corrected chi connectivity index (χ2v) is 5.45. The van der Waals surface area contributed by atoms with Crippen molar-refractivity contribution in [2.45, 2.75) is 45.2 Å². The standard InChI is InChI=1S/C15H28O5/c1-6-7-14(18-11-17-9-8-16-5)13-10-19-15(3,4)20-12(13)2/h6,12-14H,1,7-11H2,2-5H3/t12-,13+,14+/m0/s1. The Morgan fingerprint density at radius 2 is 2.15 bits per heavy atom. The summed E-state index contributed by atoms with van der Waals surface area (Å²) in [6.07, 6.45) is 2.66. The number of rotatable bonds is 9. The van der Waals surface area contributed by atoms with Gasteiger partial charge in [0, 0.05) is 13.0 Å². The van der Waals surface area contributed by atoms with E-state index in [9.17, 15) is 0 Å². The SMILES string of the molecule is C=CC[C@@H](OCOCCOC)[C@@H]1COC(C)(C)O[C@H]1C. The molecule has 0 saturated carbocycles. The van der Waals surface area contributed by atoms with Crippen LogP contribution in [0.4, 0.5) is 0 Å². The van der Waals surface area contributed by atoms with Gasteiger partial charge in [-0.15, -0.1) is 6.58 Å². The molecule has 0 spiro atoms. The number of ether oxygens (including phenoxy) is 5. The van der Waals surface area contributed by atoms with E-state index in [-0.39, 0.29) is 24.9 Å². The first-order chi connectivity index (χ1) is 9.50. The molecule has 5 heteroatoms. The second kappa shape index (κ2) is 8.74. The molecule has 20 heavy (non-hydrogen) atoms. The topological polar surface area (TPSA) is 46.2 Å². The monoisotopic (exact) mass is 288 g/mol. The Bertz CT molecular complexity index is 279. The van der Waals surface area contributed by atoms with Crippen LogP contribution in [0.1, 0.15) is 27.2 Å². The third kappa shape index (κ3) is 5.89. The molecule has 1 aliphatic rings. The fourth-order valence-corrected chi connectivity index (χ4v) is 2.28. The third-order valence-electron chi connectivity index (χ3n) is 3.37. The summed E-state index contributed by atoms with van der Waals surface area (Å²) in [7, 11) is 1.64. The molecule has 5 nitrogen and oxygen atoms in total. The third-order valence-corrected chi connectivity index (χ3v) is 3.37. The van der Waals surface area contributed by atoms with E-state index in [0.29, 0.717) is 19.8 Å². The van der Waals surface area contributed by atoms with Crippen LogP contribution in [0, 0.1) is 5.92 Å². The minimum atomic E-state index is -0.524. The first kappa shape index (κ1) is 17.6. The van der Waals surface area contributed by atoms with Crippen molar-refractivity contribution in [2.75, 3.05) is 33.7 Å². The molecule has 1 aliphatic heterocycles. The van der Waals surface area contributed by atoms with Gasteiger partial charge < -0.3 is 23.7 Å². The van der Waals surface area contributed by atoms with Crippen LogP contribution in [0.2, 0.25) is 0 Å². The van der Waals surface area contributed by atoms with Crippen molar-refractivity contribution in [3.63, 3.8) is 0 Å². The summed E-state index contributed by atoms with van der Waals surface area (Å²) < 4.78 is 27.7. The van der Waals surface area contributed by atoms with E-state index in [2.05, 4.69) is 13.5 Å². The highest BCUT2D eigenvalue weighted by atomic mass is 16.7. The first-order valence-corrected chi connectivity index (χ1v) is 7.11. The quantitative estimate of drug-likeness (QED) is 0.370. The van der Waals surface area contributed by atoms with Crippen molar-refractivity contribution in [3.8, 4) is 0 Å². The van der Waals surface area contributed by atoms with Gasteiger partial charge in [0.15, 0.2) is 5.79 Å². The summed E-state index contributed by atoms with van der Waals surface area (Å²) in [5.41, 5.74) is 0. The van der Waals surface area contributed by atoms with Crippen LogP contribution >= 0.6 is 0 Å². The fraction of sp³-hybridized carbons (Fsp3) is 0.867.